The molecule has 2 aliphatic carbocycles. The lowest BCUT2D eigenvalue weighted by Crippen LogP contribution is -2.15. The molecule has 0 aliphatic heterocycles. The molecule has 1 saturated carbocycles. The SMILES string of the molecule is Cc1ccccc1-c1cccc(-c2ccc3c(c2)C(C)(C)c2cc(Br)ccc2-3)c1C1CC1. The molecule has 0 unspecified atom stereocenters. The second-order valence-electron chi connectivity index (χ2n) is 9.93. The topological polar surface area (TPSA) is 0 Å². The van der Waals surface area contributed by atoms with Crippen LogP contribution < -0.4 is 0 Å². The minimum absolute atomic E-state index is 0.00215. The van der Waals surface area contributed by atoms with Crippen molar-refractivity contribution in [3.63, 3.8) is 0 Å². The first-order valence-corrected chi connectivity index (χ1v) is 12.4. The number of benzene rings is 4. The highest BCUT2D eigenvalue weighted by Crippen LogP contribution is 2.52. The Balaban J connectivity index is 1.55. The average Bonchev–Trinajstić information content (AvgIpc) is 3.61. The van der Waals surface area contributed by atoms with Crippen molar-refractivity contribution in [3.8, 4) is 33.4 Å². The smallest absolute Gasteiger partial charge is 0.0178 e. The van der Waals surface area contributed by atoms with Gasteiger partial charge in [-0.25, -0.2) is 0 Å². The van der Waals surface area contributed by atoms with Crippen LogP contribution in [0.1, 0.15) is 54.9 Å². The molecule has 0 radical (unpaired) electrons. The van der Waals surface area contributed by atoms with E-state index < -0.39 is 0 Å². The fraction of sp³-hybridized carbons (Fsp3) is 0.226. The summed E-state index contributed by atoms with van der Waals surface area (Å²) in [5, 5.41) is 0. The Morgan fingerprint density at radius 1 is 0.688 bits per heavy atom. The molecule has 0 N–H and O–H groups in total. The molecular weight excluding hydrogens is 452 g/mol. The van der Waals surface area contributed by atoms with Crippen molar-refractivity contribution in [2.24, 2.45) is 0 Å². The van der Waals surface area contributed by atoms with Crippen LogP contribution in [0.2, 0.25) is 0 Å². The quantitative estimate of drug-likeness (QED) is 0.275. The van der Waals surface area contributed by atoms with E-state index in [1.165, 1.54) is 68.5 Å². The normalized spacial score (nSPS) is 16.0. The lowest BCUT2D eigenvalue weighted by atomic mass is 9.81. The molecule has 0 saturated heterocycles. The van der Waals surface area contributed by atoms with Crippen LogP contribution in [0.3, 0.4) is 0 Å². The third-order valence-electron chi connectivity index (χ3n) is 7.48. The second kappa shape index (κ2) is 7.18. The van der Waals surface area contributed by atoms with Gasteiger partial charge in [0.05, 0.1) is 0 Å². The van der Waals surface area contributed by atoms with Gasteiger partial charge in [0.1, 0.15) is 0 Å². The molecule has 0 amide bonds. The molecule has 6 rings (SSSR count). The predicted molar refractivity (Wildman–Crippen MR) is 139 cm³/mol. The van der Waals surface area contributed by atoms with Gasteiger partial charge in [0.15, 0.2) is 0 Å². The Labute approximate surface area is 199 Å². The van der Waals surface area contributed by atoms with Gasteiger partial charge in [-0.3, -0.25) is 0 Å². The van der Waals surface area contributed by atoms with Crippen molar-refractivity contribution in [2.75, 3.05) is 0 Å². The zero-order valence-electron chi connectivity index (χ0n) is 18.9. The maximum atomic E-state index is 3.68. The van der Waals surface area contributed by atoms with Crippen LogP contribution >= 0.6 is 15.9 Å². The van der Waals surface area contributed by atoms with Crippen LogP contribution in [-0.2, 0) is 5.41 Å². The molecule has 0 aromatic heterocycles. The van der Waals surface area contributed by atoms with Crippen molar-refractivity contribution in [2.45, 2.75) is 44.9 Å². The van der Waals surface area contributed by atoms with Crippen molar-refractivity contribution < 1.29 is 0 Å². The maximum Gasteiger partial charge on any atom is 0.0178 e. The van der Waals surface area contributed by atoms with Crippen LogP contribution in [-0.4, -0.2) is 0 Å². The van der Waals surface area contributed by atoms with Gasteiger partial charge in [-0.1, -0.05) is 90.4 Å². The van der Waals surface area contributed by atoms with Crippen molar-refractivity contribution in [3.05, 3.63) is 106 Å². The largest absolute Gasteiger partial charge is 0.0620 e. The average molecular weight is 479 g/mol. The van der Waals surface area contributed by atoms with Crippen LogP contribution in [0.15, 0.2) is 83.3 Å². The summed E-state index contributed by atoms with van der Waals surface area (Å²) in [7, 11) is 0. The Hall–Kier alpha value is -2.64. The molecule has 0 spiro atoms. The lowest BCUT2D eigenvalue weighted by Gasteiger charge is -2.23. The highest BCUT2D eigenvalue weighted by atomic mass is 79.9. The van der Waals surface area contributed by atoms with Gasteiger partial charge in [-0.2, -0.15) is 0 Å². The third-order valence-corrected chi connectivity index (χ3v) is 7.97. The molecule has 1 fully saturated rings. The maximum absolute atomic E-state index is 3.68. The molecule has 4 aromatic carbocycles. The van der Waals surface area contributed by atoms with E-state index in [0.717, 1.165) is 4.47 Å². The van der Waals surface area contributed by atoms with Crippen molar-refractivity contribution in [1.29, 1.82) is 0 Å². The fourth-order valence-corrected chi connectivity index (χ4v) is 5.98. The first-order chi connectivity index (χ1) is 15.4. The summed E-state index contributed by atoms with van der Waals surface area (Å²) in [4.78, 5) is 0. The number of hydrogen-bond donors (Lipinski definition) is 0. The fourth-order valence-electron chi connectivity index (χ4n) is 5.62. The highest BCUT2D eigenvalue weighted by Gasteiger charge is 2.36. The van der Waals surface area contributed by atoms with Gasteiger partial charge in [0, 0.05) is 9.89 Å². The van der Waals surface area contributed by atoms with Gasteiger partial charge in [0.25, 0.3) is 0 Å². The summed E-state index contributed by atoms with van der Waals surface area (Å²) in [5.74, 6) is 0.676. The first kappa shape index (κ1) is 20.0. The monoisotopic (exact) mass is 478 g/mol. The third kappa shape index (κ3) is 3.02. The molecule has 1 heteroatoms. The molecule has 0 heterocycles. The summed E-state index contributed by atoms with van der Waals surface area (Å²) in [6.07, 6.45) is 2.59. The minimum Gasteiger partial charge on any atom is -0.0620 e. The molecule has 2 aliphatic rings. The van der Waals surface area contributed by atoms with Gasteiger partial charge in [-0.15, -0.1) is 0 Å². The highest BCUT2D eigenvalue weighted by molar-refractivity contribution is 9.10. The summed E-state index contributed by atoms with van der Waals surface area (Å²) in [5.41, 5.74) is 14.0. The molecule has 0 atom stereocenters. The second-order valence-corrected chi connectivity index (χ2v) is 10.8. The van der Waals surface area contributed by atoms with Gasteiger partial charge in [0.2, 0.25) is 0 Å². The zero-order chi connectivity index (χ0) is 22.0. The molecule has 158 valence electrons. The van der Waals surface area contributed by atoms with Crippen molar-refractivity contribution in [1.82, 2.24) is 0 Å². The van der Waals surface area contributed by atoms with E-state index in [0.29, 0.717) is 5.92 Å². The lowest BCUT2D eigenvalue weighted by molar-refractivity contribution is 0.660. The number of halogens is 1. The number of rotatable bonds is 3. The molecule has 0 nitrogen and oxygen atoms in total. The Bertz CT molecular complexity index is 1370. The summed E-state index contributed by atoms with van der Waals surface area (Å²) in [6.45, 7) is 6.95. The molecule has 32 heavy (non-hydrogen) atoms. The Kier molecular flexibility index (Phi) is 4.49. The van der Waals surface area contributed by atoms with Gasteiger partial charge in [-0.05, 0) is 99.5 Å². The van der Waals surface area contributed by atoms with Crippen LogP contribution in [0.5, 0.6) is 0 Å². The number of fused-ring (bicyclic) bond motifs is 3. The zero-order valence-corrected chi connectivity index (χ0v) is 20.5. The molecular formula is C31H27Br. The summed E-state index contributed by atoms with van der Waals surface area (Å²) < 4.78 is 1.15. The summed E-state index contributed by atoms with van der Waals surface area (Å²) >= 11 is 3.68. The van der Waals surface area contributed by atoms with Gasteiger partial charge >= 0.3 is 0 Å². The van der Waals surface area contributed by atoms with E-state index in [1.807, 2.05) is 0 Å². The molecule has 4 aromatic rings. The standard InChI is InChI=1S/C31H27Br/c1-19-7-4-5-8-23(19)27-10-6-9-24(30(27)20-11-12-20)21-13-15-25-26-16-14-22(32)18-29(26)31(2,3)28(25)17-21/h4-10,13-18,20H,11-12H2,1-3H3. The first-order valence-electron chi connectivity index (χ1n) is 11.6. The Morgan fingerprint density at radius 3 is 2.09 bits per heavy atom. The Morgan fingerprint density at radius 2 is 1.34 bits per heavy atom. The van der Waals surface area contributed by atoms with E-state index in [-0.39, 0.29) is 5.41 Å². The van der Waals surface area contributed by atoms with E-state index in [1.54, 1.807) is 0 Å². The minimum atomic E-state index is -0.00215. The van der Waals surface area contributed by atoms with Crippen molar-refractivity contribution >= 4 is 15.9 Å². The van der Waals surface area contributed by atoms with Gasteiger partial charge < -0.3 is 0 Å². The van der Waals surface area contributed by atoms with Crippen LogP contribution in [0.25, 0.3) is 33.4 Å². The van der Waals surface area contributed by atoms with E-state index in [4.69, 9.17) is 0 Å². The summed E-state index contributed by atoms with van der Waals surface area (Å²) in [6, 6.07) is 29.6. The van der Waals surface area contributed by atoms with Crippen LogP contribution in [0.4, 0.5) is 0 Å². The van der Waals surface area contributed by atoms with Crippen LogP contribution in [0, 0.1) is 6.92 Å². The number of aryl methyl sites for hydroxylation is 1. The number of hydrogen-bond acceptors (Lipinski definition) is 0. The van der Waals surface area contributed by atoms with E-state index in [2.05, 4.69) is 116 Å². The van der Waals surface area contributed by atoms with E-state index >= 15 is 0 Å². The molecule has 0 bridgehead atoms. The van der Waals surface area contributed by atoms with E-state index in [9.17, 15) is 0 Å². The predicted octanol–water partition coefficient (Wildman–Crippen LogP) is 9.28.